The first kappa shape index (κ1) is 15.0. The van der Waals surface area contributed by atoms with Gasteiger partial charge in [0.15, 0.2) is 0 Å². The molecular formula is C16H14Cl3NO. The lowest BCUT2D eigenvalue weighted by Crippen LogP contribution is -2.16. The summed E-state index contributed by atoms with van der Waals surface area (Å²) < 4.78 is 5.91. The Hall–Kier alpha value is -0.930. The van der Waals surface area contributed by atoms with Crippen molar-refractivity contribution in [2.24, 2.45) is 0 Å². The average molecular weight is 343 g/mol. The van der Waals surface area contributed by atoms with Crippen molar-refractivity contribution >= 4 is 34.8 Å². The van der Waals surface area contributed by atoms with Crippen LogP contribution in [0.15, 0.2) is 36.4 Å². The molecule has 0 aliphatic heterocycles. The van der Waals surface area contributed by atoms with Crippen LogP contribution in [0, 0.1) is 0 Å². The van der Waals surface area contributed by atoms with Gasteiger partial charge in [0.2, 0.25) is 0 Å². The maximum absolute atomic E-state index is 6.29. The van der Waals surface area contributed by atoms with Crippen LogP contribution in [0.2, 0.25) is 15.1 Å². The monoisotopic (exact) mass is 341 g/mol. The molecule has 0 radical (unpaired) electrons. The summed E-state index contributed by atoms with van der Waals surface area (Å²) in [5.41, 5.74) is 0.933. The molecule has 1 saturated carbocycles. The normalized spacial score (nSPS) is 14.2. The Labute approximate surface area is 139 Å². The average Bonchev–Trinajstić information content (AvgIpc) is 3.27. The van der Waals surface area contributed by atoms with E-state index >= 15 is 0 Å². The summed E-state index contributed by atoms with van der Waals surface area (Å²) in [5, 5.41) is 4.99. The summed E-state index contributed by atoms with van der Waals surface area (Å²) in [4.78, 5) is 0. The second kappa shape index (κ2) is 6.45. The van der Waals surface area contributed by atoms with Crippen LogP contribution < -0.4 is 10.1 Å². The van der Waals surface area contributed by atoms with Crippen LogP contribution in [0.25, 0.3) is 0 Å². The minimum atomic E-state index is 0.403. The van der Waals surface area contributed by atoms with E-state index in [0.717, 1.165) is 5.56 Å². The molecule has 0 amide bonds. The molecule has 0 bridgehead atoms. The molecule has 0 atom stereocenters. The van der Waals surface area contributed by atoms with E-state index in [1.54, 1.807) is 18.2 Å². The standard InChI is InChI=1S/C16H14Cl3NO/c17-12-3-1-5-14(11(12)9-20-10-7-8-10)21-15-6-2-4-13(18)16(15)19/h1-6,10,20H,7-9H2. The van der Waals surface area contributed by atoms with Gasteiger partial charge in [0.25, 0.3) is 0 Å². The van der Waals surface area contributed by atoms with Crippen LogP contribution in [0.3, 0.4) is 0 Å². The topological polar surface area (TPSA) is 21.3 Å². The summed E-state index contributed by atoms with van der Waals surface area (Å²) in [6.45, 7) is 0.678. The molecule has 2 nitrogen and oxygen atoms in total. The highest BCUT2D eigenvalue weighted by Gasteiger charge is 2.21. The predicted octanol–water partition coefficient (Wildman–Crippen LogP) is 5.69. The first-order valence-corrected chi connectivity index (χ1v) is 7.91. The van der Waals surface area contributed by atoms with E-state index in [4.69, 9.17) is 39.5 Å². The van der Waals surface area contributed by atoms with Crippen molar-refractivity contribution in [2.75, 3.05) is 0 Å². The lowest BCUT2D eigenvalue weighted by atomic mass is 10.2. The summed E-state index contributed by atoms with van der Waals surface area (Å²) >= 11 is 18.5. The summed E-state index contributed by atoms with van der Waals surface area (Å²) in [6.07, 6.45) is 2.45. The maximum atomic E-state index is 6.29. The highest BCUT2D eigenvalue weighted by Crippen LogP contribution is 2.37. The van der Waals surface area contributed by atoms with Gasteiger partial charge in [0.05, 0.1) is 5.02 Å². The molecule has 3 rings (SSSR count). The zero-order chi connectivity index (χ0) is 14.8. The van der Waals surface area contributed by atoms with E-state index in [9.17, 15) is 0 Å². The highest BCUT2D eigenvalue weighted by atomic mass is 35.5. The van der Waals surface area contributed by atoms with Gasteiger partial charge in [-0.25, -0.2) is 0 Å². The van der Waals surface area contributed by atoms with E-state index in [2.05, 4.69) is 5.32 Å². The third kappa shape index (κ3) is 3.64. The SMILES string of the molecule is Clc1cccc(Oc2cccc(Cl)c2CNC2CC2)c1Cl. The molecule has 2 aromatic carbocycles. The van der Waals surface area contributed by atoms with Crippen molar-refractivity contribution in [3.05, 3.63) is 57.0 Å². The smallest absolute Gasteiger partial charge is 0.147 e. The molecule has 1 fully saturated rings. The number of hydrogen-bond acceptors (Lipinski definition) is 2. The molecule has 0 aromatic heterocycles. The Balaban J connectivity index is 1.86. The van der Waals surface area contributed by atoms with Gasteiger partial charge in [-0.05, 0) is 37.1 Å². The van der Waals surface area contributed by atoms with Gasteiger partial charge in [-0.2, -0.15) is 0 Å². The third-order valence-corrected chi connectivity index (χ3v) is 4.51. The van der Waals surface area contributed by atoms with Crippen molar-refractivity contribution in [2.45, 2.75) is 25.4 Å². The molecule has 2 aromatic rings. The summed E-state index contributed by atoms with van der Waals surface area (Å²) in [5.74, 6) is 1.22. The minimum absolute atomic E-state index is 0.403. The Morgan fingerprint density at radius 1 is 0.952 bits per heavy atom. The largest absolute Gasteiger partial charge is 0.455 e. The van der Waals surface area contributed by atoms with Gasteiger partial charge in [-0.3, -0.25) is 0 Å². The number of rotatable bonds is 5. The molecule has 21 heavy (non-hydrogen) atoms. The van der Waals surface area contributed by atoms with Gasteiger partial charge >= 0.3 is 0 Å². The first-order chi connectivity index (χ1) is 10.1. The van der Waals surface area contributed by atoms with Gasteiger partial charge < -0.3 is 10.1 Å². The van der Waals surface area contributed by atoms with E-state index in [1.165, 1.54) is 12.8 Å². The lowest BCUT2D eigenvalue weighted by Gasteiger charge is -2.14. The fourth-order valence-electron chi connectivity index (χ4n) is 2.02. The van der Waals surface area contributed by atoms with E-state index in [1.807, 2.05) is 18.2 Å². The molecular weight excluding hydrogens is 329 g/mol. The minimum Gasteiger partial charge on any atom is -0.455 e. The summed E-state index contributed by atoms with van der Waals surface area (Å²) in [7, 11) is 0. The van der Waals surface area contributed by atoms with Gasteiger partial charge in [-0.15, -0.1) is 0 Å². The van der Waals surface area contributed by atoms with Crippen molar-refractivity contribution in [1.82, 2.24) is 5.32 Å². The van der Waals surface area contributed by atoms with Gasteiger partial charge in [0.1, 0.15) is 16.5 Å². The van der Waals surface area contributed by atoms with Crippen molar-refractivity contribution < 1.29 is 4.74 Å². The molecule has 1 aliphatic rings. The molecule has 110 valence electrons. The third-order valence-electron chi connectivity index (χ3n) is 3.36. The number of hydrogen-bond donors (Lipinski definition) is 1. The maximum Gasteiger partial charge on any atom is 0.147 e. The Kier molecular flexibility index (Phi) is 4.60. The van der Waals surface area contributed by atoms with Crippen molar-refractivity contribution in [3.8, 4) is 11.5 Å². The van der Waals surface area contributed by atoms with Gasteiger partial charge in [-0.1, -0.05) is 46.9 Å². The Morgan fingerprint density at radius 2 is 1.62 bits per heavy atom. The molecule has 0 unspecified atom stereocenters. The predicted molar refractivity (Wildman–Crippen MR) is 87.8 cm³/mol. The number of halogens is 3. The molecule has 1 aliphatic carbocycles. The lowest BCUT2D eigenvalue weighted by molar-refractivity contribution is 0.473. The van der Waals surface area contributed by atoms with E-state index < -0.39 is 0 Å². The Bertz CT molecular complexity index is 656. The summed E-state index contributed by atoms with van der Waals surface area (Å²) in [6, 6.07) is 11.5. The molecule has 0 spiro atoms. The van der Waals surface area contributed by atoms with Crippen molar-refractivity contribution in [3.63, 3.8) is 0 Å². The van der Waals surface area contributed by atoms with Crippen LogP contribution >= 0.6 is 34.8 Å². The van der Waals surface area contributed by atoms with Gasteiger partial charge in [0, 0.05) is 23.2 Å². The second-order valence-electron chi connectivity index (χ2n) is 5.03. The Morgan fingerprint density at radius 3 is 2.33 bits per heavy atom. The van der Waals surface area contributed by atoms with Crippen LogP contribution in [0.1, 0.15) is 18.4 Å². The number of nitrogens with one attached hydrogen (secondary N) is 1. The van der Waals surface area contributed by atoms with Crippen LogP contribution in [0.5, 0.6) is 11.5 Å². The van der Waals surface area contributed by atoms with Crippen LogP contribution in [-0.4, -0.2) is 6.04 Å². The highest BCUT2D eigenvalue weighted by molar-refractivity contribution is 6.42. The molecule has 0 heterocycles. The molecule has 1 N–H and O–H groups in total. The fourth-order valence-corrected chi connectivity index (χ4v) is 2.58. The number of benzene rings is 2. The number of ether oxygens (including phenoxy) is 1. The molecule has 5 heteroatoms. The second-order valence-corrected chi connectivity index (χ2v) is 6.22. The first-order valence-electron chi connectivity index (χ1n) is 6.78. The van der Waals surface area contributed by atoms with E-state index in [0.29, 0.717) is 39.2 Å². The molecule has 0 saturated heterocycles. The van der Waals surface area contributed by atoms with Crippen molar-refractivity contribution in [1.29, 1.82) is 0 Å². The van der Waals surface area contributed by atoms with E-state index in [-0.39, 0.29) is 0 Å². The zero-order valence-corrected chi connectivity index (χ0v) is 13.5. The quantitative estimate of drug-likeness (QED) is 0.753. The van der Waals surface area contributed by atoms with Crippen LogP contribution in [0.4, 0.5) is 0 Å². The zero-order valence-electron chi connectivity index (χ0n) is 11.2. The van der Waals surface area contributed by atoms with Crippen LogP contribution in [-0.2, 0) is 6.54 Å². The fraction of sp³-hybridized carbons (Fsp3) is 0.250.